The van der Waals surface area contributed by atoms with Crippen LogP contribution in [0, 0.1) is 10.8 Å². The molecule has 2 rings (SSSR count). The Morgan fingerprint density at radius 3 is 2.56 bits per heavy atom. The van der Waals surface area contributed by atoms with Gasteiger partial charge in [-0.1, -0.05) is 6.07 Å². The molecule has 3 N–H and O–H groups in total. The highest BCUT2D eigenvalue weighted by atomic mass is 16.5. The number of amidine groups is 1. The number of hydrogen-bond acceptors (Lipinski definition) is 3. The molecule has 0 amide bonds. The molecule has 0 radical (unpaired) electrons. The number of benzene rings is 1. The Morgan fingerprint density at radius 2 is 2.00 bits per heavy atom. The van der Waals surface area contributed by atoms with Crippen LogP contribution in [0.5, 0.6) is 11.5 Å². The van der Waals surface area contributed by atoms with Crippen molar-refractivity contribution < 1.29 is 9.47 Å². The summed E-state index contributed by atoms with van der Waals surface area (Å²) in [6.07, 6.45) is 2.83. The molecule has 0 saturated heterocycles. The van der Waals surface area contributed by atoms with Crippen LogP contribution < -0.4 is 15.2 Å². The lowest BCUT2D eigenvalue weighted by Gasteiger charge is -2.15. The molecular formula is C14H20N2O2. The molecule has 1 aromatic rings. The molecule has 4 nitrogen and oxygen atoms in total. The molecule has 0 aromatic heterocycles. The van der Waals surface area contributed by atoms with Gasteiger partial charge in [-0.25, -0.2) is 0 Å². The zero-order valence-electron chi connectivity index (χ0n) is 10.7. The minimum absolute atomic E-state index is 0.105. The smallest absolute Gasteiger partial charge is 0.123 e. The van der Waals surface area contributed by atoms with Gasteiger partial charge in [-0.3, -0.25) is 5.41 Å². The Morgan fingerprint density at radius 1 is 1.33 bits per heavy atom. The summed E-state index contributed by atoms with van der Waals surface area (Å²) in [7, 11) is 0. The first-order chi connectivity index (χ1) is 8.63. The first-order valence-electron chi connectivity index (χ1n) is 6.32. The Labute approximate surface area is 108 Å². The molecule has 1 aliphatic rings. The predicted octanol–water partition coefficient (Wildman–Crippen LogP) is 2.57. The molecule has 98 valence electrons. The maximum absolute atomic E-state index is 7.36. The van der Waals surface area contributed by atoms with Gasteiger partial charge < -0.3 is 15.2 Å². The molecule has 0 heterocycles. The summed E-state index contributed by atoms with van der Waals surface area (Å²) in [5, 5.41) is 7.36. The second-order valence-corrected chi connectivity index (χ2v) is 4.90. The molecule has 0 spiro atoms. The van der Waals surface area contributed by atoms with Gasteiger partial charge in [0.15, 0.2) is 0 Å². The van der Waals surface area contributed by atoms with E-state index < -0.39 is 0 Å². The normalized spacial score (nSPS) is 16.1. The summed E-state index contributed by atoms with van der Waals surface area (Å²) in [5.74, 6) is 1.89. The van der Waals surface area contributed by atoms with E-state index in [0.717, 1.165) is 24.3 Å². The summed E-state index contributed by atoms with van der Waals surface area (Å²) in [4.78, 5) is 0. The zero-order valence-corrected chi connectivity index (χ0v) is 10.7. The van der Waals surface area contributed by atoms with Crippen LogP contribution in [0.4, 0.5) is 0 Å². The summed E-state index contributed by atoms with van der Waals surface area (Å²) < 4.78 is 11.2. The van der Waals surface area contributed by atoms with Crippen molar-refractivity contribution in [2.24, 2.45) is 11.1 Å². The molecule has 1 fully saturated rings. The lowest BCUT2D eigenvalue weighted by molar-refractivity contribution is 0.237. The molecule has 0 aliphatic heterocycles. The van der Waals surface area contributed by atoms with Gasteiger partial charge in [-0.05, 0) is 31.9 Å². The summed E-state index contributed by atoms with van der Waals surface area (Å²) in [6.45, 7) is 3.24. The quantitative estimate of drug-likeness (QED) is 0.575. The average Bonchev–Trinajstić information content (AvgIpc) is 3.07. The van der Waals surface area contributed by atoms with E-state index in [2.05, 4.69) is 0 Å². The lowest BCUT2D eigenvalue weighted by atomic mass is 10.0. The lowest BCUT2D eigenvalue weighted by Crippen LogP contribution is -2.21. The van der Waals surface area contributed by atoms with Crippen LogP contribution in [0.15, 0.2) is 24.3 Å². The van der Waals surface area contributed by atoms with E-state index in [-0.39, 0.29) is 11.3 Å². The molecule has 0 bridgehead atoms. The predicted molar refractivity (Wildman–Crippen MR) is 71.3 cm³/mol. The topological polar surface area (TPSA) is 68.3 Å². The number of ether oxygens (including phenoxy) is 2. The van der Waals surface area contributed by atoms with Crippen molar-refractivity contribution in [1.82, 2.24) is 0 Å². The van der Waals surface area contributed by atoms with E-state index in [9.17, 15) is 0 Å². The van der Waals surface area contributed by atoms with Crippen LogP contribution in [0.25, 0.3) is 0 Å². The van der Waals surface area contributed by atoms with E-state index in [4.69, 9.17) is 20.6 Å². The summed E-state index contributed by atoms with van der Waals surface area (Å²) >= 11 is 0. The zero-order chi connectivity index (χ0) is 13.0. The van der Waals surface area contributed by atoms with Crippen LogP contribution in [-0.2, 0) is 0 Å². The van der Waals surface area contributed by atoms with Crippen molar-refractivity contribution in [3.63, 3.8) is 0 Å². The van der Waals surface area contributed by atoms with Crippen molar-refractivity contribution in [1.29, 1.82) is 5.41 Å². The fraction of sp³-hybridized carbons (Fsp3) is 0.500. The van der Waals surface area contributed by atoms with Gasteiger partial charge in [0.1, 0.15) is 11.5 Å². The highest BCUT2D eigenvalue weighted by Crippen LogP contribution is 2.48. The van der Waals surface area contributed by atoms with E-state index in [0.29, 0.717) is 19.6 Å². The van der Waals surface area contributed by atoms with Gasteiger partial charge in [0, 0.05) is 17.9 Å². The molecule has 1 aliphatic carbocycles. The SMILES string of the molecule is CCOc1cccc(OCC2(CC(=N)N)CC2)c1. The van der Waals surface area contributed by atoms with Gasteiger partial charge in [-0.15, -0.1) is 0 Å². The molecular weight excluding hydrogens is 228 g/mol. The monoisotopic (exact) mass is 248 g/mol. The van der Waals surface area contributed by atoms with E-state index in [1.165, 1.54) is 0 Å². The third-order valence-corrected chi connectivity index (χ3v) is 3.18. The number of nitrogens with two attached hydrogens (primary N) is 1. The Balaban J connectivity index is 1.90. The first-order valence-corrected chi connectivity index (χ1v) is 6.32. The number of rotatable bonds is 7. The molecule has 1 aromatic carbocycles. The number of hydrogen-bond donors (Lipinski definition) is 2. The fourth-order valence-corrected chi connectivity index (χ4v) is 2.01. The third-order valence-electron chi connectivity index (χ3n) is 3.18. The van der Waals surface area contributed by atoms with Crippen molar-refractivity contribution in [3.8, 4) is 11.5 Å². The Bertz CT molecular complexity index is 428. The maximum Gasteiger partial charge on any atom is 0.123 e. The van der Waals surface area contributed by atoms with Gasteiger partial charge in [-0.2, -0.15) is 0 Å². The van der Waals surface area contributed by atoms with E-state index >= 15 is 0 Å². The van der Waals surface area contributed by atoms with E-state index in [1.54, 1.807) is 0 Å². The third kappa shape index (κ3) is 3.39. The van der Waals surface area contributed by atoms with Crippen LogP contribution in [-0.4, -0.2) is 19.0 Å². The van der Waals surface area contributed by atoms with Crippen LogP contribution in [0.3, 0.4) is 0 Å². The number of nitrogens with one attached hydrogen (secondary N) is 1. The van der Waals surface area contributed by atoms with E-state index in [1.807, 2.05) is 31.2 Å². The van der Waals surface area contributed by atoms with Gasteiger partial charge in [0.25, 0.3) is 0 Å². The standard InChI is InChI=1S/C14H20N2O2/c1-2-17-11-4-3-5-12(8-11)18-10-14(6-7-14)9-13(15)16/h3-5,8H,2,6-7,9-10H2,1H3,(H3,15,16). The van der Waals surface area contributed by atoms with Crippen molar-refractivity contribution in [2.75, 3.05) is 13.2 Å². The van der Waals surface area contributed by atoms with Gasteiger partial charge in [0.05, 0.1) is 19.0 Å². The second-order valence-electron chi connectivity index (χ2n) is 4.90. The van der Waals surface area contributed by atoms with Crippen molar-refractivity contribution in [3.05, 3.63) is 24.3 Å². The maximum atomic E-state index is 7.36. The molecule has 4 heteroatoms. The van der Waals surface area contributed by atoms with Crippen molar-refractivity contribution in [2.45, 2.75) is 26.2 Å². The molecule has 0 atom stereocenters. The average molecular weight is 248 g/mol. The van der Waals surface area contributed by atoms with Crippen LogP contribution in [0.2, 0.25) is 0 Å². The van der Waals surface area contributed by atoms with Crippen LogP contribution >= 0.6 is 0 Å². The molecule has 0 unspecified atom stereocenters. The summed E-state index contributed by atoms with van der Waals surface area (Å²) in [5.41, 5.74) is 5.56. The largest absolute Gasteiger partial charge is 0.494 e. The van der Waals surface area contributed by atoms with Gasteiger partial charge >= 0.3 is 0 Å². The summed E-state index contributed by atoms with van der Waals surface area (Å²) in [6, 6.07) is 7.66. The van der Waals surface area contributed by atoms with Crippen LogP contribution in [0.1, 0.15) is 26.2 Å². The minimum atomic E-state index is 0.105. The molecule has 1 saturated carbocycles. The fourth-order valence-electron chi connectivity index (χ4n) is 2.01. The highest BCUT2D eigenvalue weighted by Gasteiger charge is 2.43. The highest BCUT2D eigenvalue weighted by molar-refractivity contribution is 5.78. The van der Waals surface area contributed by atoms with Crippen molar-refractivity contribution >= 4 is 5.84 Å². The Hall–Kier alpha value is -1.71. The minimum Gasteiger partial charge on any atom is -0.494 e. The Kier molecular flexibility index (Phi) is 3.75. The first kappa shape index (κ1) is 12.7. The second kappa shape index (κ2) is 5.29. The molecule has 18 heavy (non-hydrogen) atoms. The van der Waals surface area contributed by atoms with Gasteiger partial charge in [0.2, 0.25) is 0 Å².